The normalized spacial score (nSPS) is 10.5. The smallest absolute Gasteiger partial charge is 0.0949 e. The van der Waals surface area contributed by atoms with Gasteiger partial charge in [0.1, 0.15) is 0 Å². The Labute approximate surface area is 109 Å². The summed E-state index contributed by atoms with van der Waals surface area (Å²) >= 11 is 0. The number of nitrogens with zero attached hydrogens (tertiary/aromatic N) is 2. The Hall–Kier alpha value is -1.77. The molecule has 0 saturated carbocycles. The van der Waals surface area contributed by atoms with Crippen molar-refractivity contribution in [2.45, 2.75) is 32.7 Å². The molecule has 0 spiro atoms. The highest BCUT2D eigenvalue weighted by Gasteiger charge is 1.97. The quantitative estimate of drug-likeness (QED) is 0.754. The average molecular weight is 243 g/mol. The van der Waals surface area contributed by atoms with Crippen molar-refractivity contribution in [2.24, 2.45) is 0 Å². The second-order valence-electron chi connectivity index (χ2n) is 4.57. The Morgan fingerprint density at radius 1 is 1.28 bits per heavy atom. The molecule has 3 nitrogen and oxygen atoms in total. The Bertz CT molecular complexity index is 449. The van der Waals surface area contributed by atoms with Crippen LogP contribution in [0.3, 0.4) is 0 Å². The van der Waals surface area contributed by atoms with E-state index in [4.69, 9.17) is 0 Å². The second-order valence-corrected chi connectivity index (χ2v) is 4.57. The number of benzene rings is 1. The highest BCUT2D eigenvalue weighted by molar-refractivity contribution is 5.45. The van der Waals surface area contributed by atoms with Gasteiger partial charge in [0.05, 0.1) is 6.33 Å². The molecule has 2 aromatic rings. The van der Waals surface area contributed by atoms with Gasteiger partial charge in [-0.05, 0) is 24.1 Å². The van der Waals surface area contributed by atoms with E-state index in [9.17, 15) is 0 Å². The molecule has 96 valence electrons. The fourth-order valence-corrected chi connectivity index (χ4v) is 1.98. The number of anilines is 1. The molecule has 0 bridgehead atoms. The Morgan fingerprint density at radius 2 is 2.22 bits per heavy atom. The number of rotatable bonds is 7. The zero-order valence-electron chi connectivity index (χ0n) is 11.0. The van der Waals surface area contributed by atoms with Crippen molar-refractivity contribution in [1.29, 1.82) is 0 Å². The summed E-state index contributed by atoms with van der Waals surface area (Å²) < 4.78 is 2.08. The Kier molecular flexibility index (Phi) is 4.82. The summed E-state index contributed by atoms with van der Waals surface area (Å²) in [7, 11) is 0. The van der Waals surface area contributed by atoms with Crippen LogP contribution in [0.4, 0.5) is 5.69 Å². The lowest BCUT2D eigenvalue weighted by atomic mass is 10.2. The van der Waals surface area contributed by atoms with Gasteiger partial charge in [-0.3, -0.25) is 0 Å². The molecule has 0 amide bonds. The molecular weight excluding hydrogens is 222 g/mol. The molecule has 0 unspecified atom stereocenters. The minimum absolute atomic E-state index is 0.879. The van der Waals surface area contributed by atoms with Gasteiger partial charge in [-0.1, -0.05) is 31.9 Å². The SMILES string of the molecule is CCCCCNc1cccc(Cn2ccnc2)c1. The second kappa shape index (κ2) is 6.84. The molecule has 1 N–H and O–H groups in total. The molecule has 0 radical (unpaired) electrons. The number of hydrogen-bond donors (Lipinski definition) is 1. The highest BCUT2D eigenvalue weighted by Crippen LogP contribution is 2.12. The maximum Gasteiger partial charge on any atom is 0.0949 e. The molecule has 0 aliphatic carbocycles. The number of aromatic nitrogens is 2. The van der Waals surface area contributed by atoms with Crippen molar-refractivity contribution >= 4 is 5.69 Å². The number of unbranched alkanes of at least 4 members (excludes halogenated alkanes) is 2. The first-order valence-corrected chi connectivity index (χ1v) is 6.67. The van der Waals surface area contributed by atoms with Crippen LogP contribution in [0.5, 0.6) is 0 Å². The van der Waals surface area contributed by atoms with Gasteiger partial charge in [0.15, 0.2) is 0 Å². The Morgan fingerprint density at radius 3 is 3.00 bits per heavy atom. The summed E-state index contributed by atoms with van der Waals surface area (Å²) in [4.78, 5) is 4.06. The van der Waals surface area contributed by atoms with Gasteiger partial charge in [-0.15, -0.1) is 0 Å². The van der Waals surface area contributed by atoms with E-state index in [-0.39, 0.29) is 0 Å². The van der Waals surface area contributed by atoms with E-state index in [1.807, 2.05) is 18.7 Å². The summed E-state index contributed by atoms with van der Waals surface area (Å²) in [6.07, 6.45) is 9.45. The number of imidazole rings is 1. The van der Waals surface area contributed by atoms with Gasteiger partial charge in [0.25, 0.3) is 0 Å². The van der Waals surface area contributed by atoms with E-state index in [1.165, 1.54) is 30.5 Å². The molecule has 1 heterocycles. The minimum Gasteiger partial charge on any atom is -0.385 e. The zero-order valence-corrected chi connectivity index (χ0v) is 11.0. The summed E-state index contributed by atoms with van der Waals surface area (Å²) in [6, 6.07) is 8.60. The van der Waals surface area contributed by atoms with Gasteiger partial charge in [-0.2, -0.15) is 0 Å². The minimum atomic E-state index is 0.879. The maximum atomic E-state index is 4.06. The van der Waals surface area contributed by atoms with E-state index < -0.39 is 0 Å². The lowest BCUT2D eigenvalue weighted by Gasteiger charge is -2.08. The molecule has 0 aliphatic heterocycles. The standard InChI is InChI=1S/C15H21N3/c1-2-3-4-8-17-15-7-5-6-14(11-15)12-18-10-9-16-13-18/h5-7,9-11,13,17H,2-4,8,12H2,1H3. The monoisotopic (exact) mass is 243 g/mol. The van der Waals surface area contributed by atoms with Crippen LogP contribution in [-0.4, -0.2) is 16.1 Å². The first-order chi connectivity index (χ1) is 8.88. The number of hydrogen-bond acceptors (Lipinski definition) is 2. The van der Waals surface area contributed by atoms with Crippen LogP contribution in [0, 0.1) is 0 Å². The van der Waals surface area contributed by atoms with E-state index in [0.717, 1.165) is 13.1 Å². The van der Waals surface area contributed by atoms with Gasteiger partial charge < -0.3 is 9.88 Å². The molecule has 0 saturated heterocycles. The van der Waals surface area contributed by atoms with Gasteiger partial charge in [0.2, 0.25) is 0 Å². The summed E-state index contributed by atoms with van der Waals surface area (Å²) in [5.74, 6) is 0. The third-order valence-corrected chi connectivity index (χ3v) is 2.96. The summed E-state index contributed by atoms with van der Waals surface area (Å²) in [6.45, 7) is 4.17. The average Bonchev–Trinajstić information content (AvgIpc) is 2.88. The van der Waals surface area contributed by atoms with Crippen LogP contribution in [0.25, 0.3) is 0 Å². The van der Waals surface area contributed by atoms with Crippen molar-refractivity contribution in [3.05, 3.63) is 48.5 Å². The van der Waals surface area contributed by atoms with Gasteiger partial charge in [0, 0.05) is 31.2 Å². The predicted molar refractivity (Wildman–Crippen MR) is 75.8 cm³/mol. The van der Waals surface area contributed by atoms with Crippen LogP contribution >= 0.6 is 0 Å². The molecule has 1 aromatic heterocycles. The molecule has 2 rings (SSSR count). The van der Waals surface area contributed by atoms with Crippen molar-refractivity contribution in [1.82, 2.24) is 9.55 Å². The molecule has 1 aromatic carbocycles. The number of nitrogens with one attached hydrogen (secondary N) is 1. The van der Waals surface area contributed by atoms with Crippen LogP contribution < -0.4 is 5.32 Å². The maximum absolute atomic E-state index is 4.06. The lowest BCUT2D eigenvalue weighted by molar-refractivity contribution is 0.743. The van der Waals surface area contributed by atoms with Crippen molar-refractivity contribution < 1.29 is 0 Å². The molecule has 0 fully saturated rings. The van der Waals surface area contributed by atoms with Crippen LogP contribution in [0.1, 0.15) is 31.7 Å². The third kappa shape index (κ3) is 3.91. The van der Waals surface area contributed by atoms with Crippen molar-refractivity contribution in [2.75, 3.05) is 11.9 Å². The molecule has 0 atom stereocenters. The van der Waals surface area contributed by atoms with E-state index in [2.05, 4.69) is 46.1 Å². The molecule has 18 heavy (non-hydrogen) atoms. The first-order valence-electron chi connectivity index (χ1n) is 6.67. The fourth-order valence-electron chi connectivity index (χ4n) is 1.98. The zero-order chi connectivity index (χ0) is 12.6. The summed E-state index contributed by atoms with van der Waals surface area (Å²) in [5, 5.41) is 3.47. The van der Waals surface area contributed by atoms with Gasteiger partial charge >= 0.3 is 0 Å². The van der Waals surface area contributed by atoms with Gasteiger partial charge in [-0.25, -0.2) is 4.98 Å². The third-order valence-electron chi connectivity index (χ3n) is 2.96. The molecule has 3 heteroatoms. The van der Waals surface area contributed by atoms with Crippen molar-refractivity contribution in [3.63, 3.8) is 0 Å². The molecule has 0 aliphatic rings. The highest BCUT2D eigenvalue weighted by atomic mass is 15.0. The summed E-state index contributed by atoms with van der Waals surface area (Å²) in [5.41, 5.74) is 2.51. The van der Waals surface area contributed by atoms with E-state index in [1.54, 1.807) is 0 Å². The van der Waals surface area contributed by atoms with E-state index in [0.29, 0.717) is 0 Å². The predicted octanol–water partition coefficient (Wildman–Crippen LogP) is 3.53. The Balaban J connectivity index is 1.88. The van der Waals surface area contributed by atoms with Crippen LogP contribution in [0.2, 0.25) is 0 Å². The molecular formula is C15H21N3. The van der Waals surface area contributed by atoms with Crippen LogP contribution in [-0.2, 0) is 6.54 Å². The van der Waals surface area contributed by atoms with Crippen LogP contribution in [0.15, 0.2) is 43.0 Å². The fraction of sp³-hybridized carbons (Fsp3) is 0.400. The first kappa shape index (κ1) is 12.7. The largest absolute Gasteiger partial charge is 0.385 e. The lowest BCUT2D eigenvalue weighted by Crippen LogP contribution is -2.02. The topological polar surface area (TPSA) is 29.9 Å². The van der Waals surface area contributed by atoms with Crippen molar-refractivity contribution in [3.8, 4) is 0 Å². The van der Waals surface area contributed by atoms with E-state index >= 15 is 0 Å².